The lowest BCUT2D eigenvalue weighted by atomic mass is 10.1. The van der Waals surface area contributed by atoms with Gasteiger partial charge in [-0.15, -0.1) is 0 Å². The van der Waals surface area contributed by atoms with E-state index in [1.165, 1.54) is 24.6 Å². The number of thioether (sulfide) groups is 1. The zero-order chi connectivity index (χ0) is 21.2. The van der Waals surface area contributed by atoms with E-state index in [0.29, 0.717) is 5.03 Å². The summed E-state index contributed by atoms with van der Waals surface area (Å²) in [7, 11) is 1.46. The summed E-state index contributed by atoms with van der Waals surface area (Å²) in [5.74, 6) is -0.184. The number of amides is 1. The van der Waals surface area contributed by atoms with Gasteiger partial charge in [0, 0.05) is 13.6 Å². The molecule has 1 aromatic heterocycles. The predicted octanol–water partition coefficient (Wildman–Crippen LogP) is 1.33. The molecule has 1 atom stereocenters. The summed E-state index contributed by atoms with van der Waals surface area (Å²) in [6, 6.07) is 5.10. The first kappa shape index (κ1) is 22.8. The highest BCUT2D eigenvalue weighted by atomic mass is 32.2. The van der Waals surface area contributed by atoms with Crippen LogP contribution in [0.4, 0.5) is 4.39 Å². The van der Waals surface area contributed by atoms with Crippen LogP contribution in [0.3, 0.4) is 0 Å². The maximum Gasteiger partial charge on any atom is 0.230 e. The van der Waals surface area contributed by atoms with Crippen molar-refractivity contribution in [2.45, 2.75) is 37.3 Å². The summed E-state index contributed by atoms with van der Waals surface area (Å²) in [5, 5.41) is 27.9. The highest BCUT2D eigenvalue weighted by Crippen LogP contribution is 2.22. The number of nitrogens with zero attached hydrogens (tertiary/aromatic N) is 3. The first-order chi connectivity index (χ1) is 13.9. The van der Waals surface area contributed by atoms with Crippen molar-refractivity contribution >= 4 is 23.5 Å². The number of halogens is 1. The Morgan fingerprint density at radius 1 is 1.38 bits per heavy atom. The van der Waals surface area contributed by atoms with Gasteiger partial charge in [0.1, 0.15) is 5.82 Å². The maximum atomic E-state index is 12.6. The van der Waals surface area contributed by atoms with Gasteiger partial charge in [-0.3, -0.25) is 20.5 Å². The van der Waals surface area contributed by atoms with Crippen LogP contribution in [0.15, 0.2) is 32.8 Å². The Morgan fingerprint density at radius 2 is 2.14 bits per heavy atom. The van der Waals surface area contributed by atoms with E-state index in [1.54, 1.807) is 19.1 Å². The molecule has 1 aliphatic rings. The monoisotopic (exact) mass is 425 g/mol. The van der Waals surface area contributed by atoms with E-state index >= 15 is 0 Å². The lowest BCUT2D eigenvalue weighted by Gasteiger charge is -2.06. The van der Waals surface area contributed by atoms with E-state index in [2.05, 4.69) is 25.3 Å². The highest BCUT2D eigenvalue weighted by molar-refractivity contribution is 8.00. The summed E-state index contributed by atoms with van der Waals surface area (Å²) in [6.07, 6.45) is 2.79. The van der Waals surface area contributed by atoms with Crippen molar-refractivity contribution in [2.75, 3.05) is 19.3 Å². The number of hydroxylamine groups is 1. The third-order valence-electron chi connectivity index (χ3n) is 4.01. The van der Waals surface area contributed by atoms with Crippen molar-refractivity contribution < 1.29 is 24.1 Å². The minimum absolute atomic E-state index is 0.0797. The number of carbonyl (C=O) groups is 1. The van der Waals surface area contributed by atoms with Gasteiger partial charge in [0.2, 0.25) is 5.91 Å². The summed E-state index contributed by atoms with van der Waals surface area (Å²) in [6.45, 7) is 1.76. The molecule has 1 aliphatic carbocycles. The molecule has 1 heterocycles. The zero-order valence-corrected chi connectivity index (χ0v) is 17.0. The number of hydrogen-bond acceptors (Lipinski definition) is 8. The van der Waals surface area contributed by atoms with E-state index < -0.39 is 6.10 Å². The molecular formula is C18H24FN5O4S. The molecule has 1 unspecified atom stereocenters. The number of aromatic nitrogens is 2. The number of fused-ring (bicyclic) bond motifs is 1. The molecule has 4 N–H and O–H groups in total. The molecule has 3 rings (SSSR count). The molecule has 0 fully saturated rings. The first-order valence-electron chi connectivity index (χ1n) is 8.99. The molecule has 2 aromatic rings. The van der Waals surface area contributed by atoms with Crippen molar-refractivity contribution in [1.82, 2.24) is 21.1 Å². The minimum Gasteiger partial charge on any atom is -0.392 e. The van der Waals surface area contributed by atoms with Gasteiger partial charge in [0.05, 0.1) is 11.9 Å². The summed E-state index contributed by atoms with van der Waals surface area (Å²) in [5.41, 5.74) is 4.63. The molecule has 0 saturated heterocycles. The van der Waals surface area contributed by atoms with Crippen molar-refractivity contribution in [1.29, 1.82) is 0 Å². The van der Waals surface area contributed by atoms with Crippen molar-refractivity contribution in [3.63, 3.8) is 0 Å². The van der Waals surface area contributed by atoms with Crippen LogP contribution in [-0.4, -0.2) is 57.8 Å². The fraction of sp³-hybridized carbons (Fsp3) is 0.444. The average Bonchev–Trinajstić information content (AvgIpc) is 3.35. The fourth-order valence-electron chi connectivity index (χ4n) is 2.62. The molecule has 0 radical (unpaired) electrons. The van der Waals surface area contributed by atoms with Gasteiger partial charge < -0.3 is 10.4 Å². The first-order valence-corrected chi connectivity index (χ1v) is 9.97. The van der Waals surface area contributed by atoms with Crippen molar-refractivity contribution in [3.8, 4) is 0 Å². The van der Waals surface area contributed by atoms with Crippen molar-refractivity contribution in [3.05, 3.63) is 40.8 Å². The predicted molar refractivity (Wildman–Crippen MR) is 106 cm³/mol. The number of benzene rings is 1. The van der Waals surface area contributed by atoms with Crippen LogP contribution < -0.4 is 10.8 Å². The molecule has 0 spiro atoms. The maximum absolute atomic E-state index is 12.6. The Bertz CT molecular complexity index is 843. The topological polar surface area (TPSA) is 133 Å². The zero-order valence-electron chi connectivity index (χ0n) is 16.2. The third kappa shape index (κ3) is 7.11. The fourth-order valence-corrected chi connectivity index (χ4v) is 3.34. The molecular weight excluding hydrogens is 401 g/mol. The van der Waals surface area contributed by atoms with Crippen LogP contribution in [0.25, 0.3) is 0 Å². The van der Waals surface area contributed by atoms with Crippen LogP contribution in [-0.2, 0) is 17.6 Å². The Kier molecular flexibility index (Phi) is 9.03. The molecule has 1 amide bonds. The molecule has 11 heteroatoms. The van der Waals surface area contributed by atoms with Gasteiger partial charge in [-0.05, 0) is 59.8 Å². The van der Waals surface area contributed by atoms with E-state index in [1.807, 2.05) is 11.5 Å². The Morgan fingerprint density at radius 3 is 2.83 bits per heavy atom. The normalized spacial score (nSPS) is 13.9. The molecule has 0 aliphatic heterocycles. The second-order valence-corrected chi connectivity index (χ2v) is 7.27. The number of rotatable bonds is 6. The number of aryl methyl sites for hydroxylation is 2. The smallest absolute Gasteiger partial charge is 0.230 e. The Balaban J connectivity index is 0.000000248. The largest absolute Gasteiger partial charge is 0.392 e. The lowest BCUT2D eigenvalue weighted by molar-refractivity contribution is -0.118. The molecule has 0 saturated carbocycles. The van der Waals surface area contributed by atoms with Crippen LogP contribution >= 0.6 is 11.8 Å². The number of aliphatic hydroxyl groups excluding tert-OH is 1. The number of carbonyl (C=O) groups excluding carboxylic acids is 1. The van der Waals surface area contributed by atoms with Gasteiger partial charge in [-0.1, -0.05) is 17.8 Å². The lowest BCUT2D eigenvalue weighted by Crippen LogP contribution is -2.31. The summed E-state index contributed by atoms with van der Waals surface area (Å²) in [4.78, 5) is 15.2. The number of amidine groups is 1. The van der Waals surface area contributed by atoms with E-state index in [4.69, 9.17) is 10.3 Å². The number of hydrogen-bond donors (Lipinski definition) is 4. The highest BCUT2D eigenvalue weighted by Gasteiger charge is 2.17. The number of aliphatic imine (C=N–C) groups is 1. The molecule has 29 heavy (non-hydrogen) atoms. The van der Waals surface area contributed by atoms with Crippen molar-refractivity contribution in [2.24, 2.45) is 4.99 Å². The summed E-state index contributed by atoms with van der Waals surface area (Å²) >= 11 is 1.08. The molecule has 9 nitrogen and oxygen atoms in total. The number of nitrogens with one attached hydrogen (secondary N) is 2. The van der Waals surface area contributed by atoms with Crippen LogP contribution in [0.1, 0.15) is 30.2 Å². The van der Waals surface area contributed by atoms with Gasteiger partial charge in [0.25, 0.3) is 0 Å². The average molecular weight is 425 g/mol. The van der Waals surface area contributed by atoms with Crippen LogP contribution in [0.5, 0.6) is 0 Å². The number of aliphatic hydroxyl groups is 1. The third-order valence-corrected chi connectivity index (χ3v) is 4.96. The van der Waals surface area contributed by atoms with E-state index in [0.717, 1.165) is 24.6 Å². The van der Waals surface area contributed by atoms with Gasteiger partial charge >= 0.3 is 0 Å². The second kappa shape index (κ2) is 11.5. The van der Waals surface area contributed by atoms with Gasteiger partial charge in [-0.2, -0.15) is 0 Å². The van der Waals surface area contributed by atoms with E-state index in [9.17, 15) is 9.18 Å². The quantitative estimate of drug-likeness (QED) is 0.236. The van der Waals surface area contributed by atoms with Crippen LogP contribution in [0, 0.1) is 5.82 Å². The molecule has 0 bridgehead atoms. The van der Waals surface area contributed by atoms with Crippen LogP contribution in [0.2, 0.25) is 0 Å². The minimum atomic E-state index is -0.601. The summed E-state index contributed by atoms with van der Waals surface area (Å²) < 4.78 is 17.1. The van der Waals surface area contributed by atoms with Gasteiger partial charge in [-0.25, -0.2) is 9.02 Å². The standard InChI is InChI=1S/C9H9F.C9H15N5O4S/c10-9-5-4-7-2-1-3-8(7)6-9;1-5(15)3-11-6(16)4-19-9-7(13-18-14-9)8(10-2)12-17/h4-6H,1-3H2;5,15,17H,3-4H2,1-2H3,(H,10,12)(H,11,16). The molecule has 1 aromatic carbocycles. The second-order valence-electron chi connectivity index (χ2n) is 6.31. The Labute approximate surface area is 171 Å². The van der Waals surface area contributed by atoms with Gasteiger partial charge in [0.15, 0.2) is 16.6 Å². The molecule has 158 valence electrons. The Hall–Kier alpha value is -2.50. The SMILES string of the molecule is CN=C(NO)c1nonc1SCC(=O)NCC(C)O.Fc1ccc2c(c1)CCC2. The van der Waals surface area contributed by atoms with E-state index in [-0.39, 0.29) is 35.6 Å².